The van der Waals surface area contributed by atoms with Crippen molar-refractivity contribution in [2.75, 3.05) is 17.2 Å². The highest BCUT2D eigenvalue weighted by molar-refractivity contribution is 6.02. The van der Waals surface area contributed by atoms with Gasteiger partial charge in [-0.3, -0.25) is 4.79 Å². The van der Waals surface area contributed by atoms with Crippen LogP contribution < -0.4 is 10.6 Å². The quantitative estimate of drug-likeness (QED) is 0.584. The van der Waals surface area contributed by atoms with Gasteiger partial charge in [0.05, 0.1) is 17.1 Å². The van der Waals surface area contributed by atoms with Gasteiger partial charge < -0.3 is 10.6 Å². The van der Waals surface area contributed by atoms with Gasteiger partial charge in [0.25, 0.3) is 0 Å². The summed E-state index contributed by atoms with van der Waals surface area (Å²) in [6, 6.07) is 17.9. The molecule has 5 rings (SSSR count). The van der Waals surface area contributed by atoms with Crippen LogP contribution in [0.3, 0.4) is 0 Å². The zero-order valence-electron chi connectivity index (χ0n) is 14.9. The summed E-state index contributed by atoms with van der Waals surface area (Å²) in [5, 5.41) is 11.9. The summed E-state index contributed by atoms with van der Waals surface area (Å²) in [4.78, 5) is 17.0. The van der Waals surface area contributed by atoms with E-state index in [4.69, 9.17) is 4.98 Å². The standard InChI is InChI=1S/C21H19N5O/c1-13-12-19-24-20(16-7-3-5-9-18(16)26(19)25-13)22-11-10-15-14-6-2-4-8-17(14)23-21(15)27/h2-9,12,15H,10-11H2,1H3,(H,22,24)(H,23,27). The van der Waals surface area contributed by atoms with E-state index < -0.39 is 0 Å². The summed E-state index contributed by atoms with van der Waals surface area (Å²) in [5.41, 5.74) is 4.76. The molecule has 0 saturated heterocycles. The first-order valence-corrected chi connectivity index (χ1v) is 9.09. The number of hydrogen-bond donors (Lipinski definition) is 2. The number of nitrogens with one attached hydrogen (secondary N) is 2. The van der Waals surface area contributed by atoms with Gasteiger partial charge in [-0.2, -0.15) is 5.10 Å². The third-order valence-electron chi connectivity index (χ3n) is 5.06. The van der Waals surface area contributed by atoms with Crippen LogP contribution in [0.25, 0.3) is 16.6 Å². The lowest BCUT2D eigenvalue weighted by atomic mass is 9.97. The summed E-state index contributed by atoms with van der Waals surface area (Å²) in [7, 11) is 0. The van der Waals surface area contributed by atoms with Gasteiger partial charge in [-0.05, 0) is 37.1 Å². The molecule has 6 nitrogen and oxygen atoms in total. The second kappa shape index (κ2) is 6.09. The number of para-hydroxylation sites is 2. The lowest BCUT2D eigenvalue weighted by molar-refractivity contribution is -0.117. The van der Waals surface area contributed by atoms with Crippen molar-refractivity contribution in [2.45, 2.75) is 19.3 Å². The molecule has 1 atom stereocenters. The molecule has 0 radical (unpaired) electrons. The molecule has 1 unspecified atom stereocenters. The van der Waals surface area contributed by atoms with Crippen LogP contribution in [0.15, 0.2) is 54.6 Å². The largest absolute Gasteiger partial charge is 0.369 e. The van der Waals surface area contributed by atoms with Gasteiger partial charge in [0.15, 0.2) is 5.65 Å². The van der Waals surface area contributed by atoms with Crippen molar-refractivity contribution >= 4 is 34.0 Å². The molecular formula is C21H19N5O. The summed E-state index contributed by atoms with van der Waals surface area (Å²) in [6.45, 7) is 2.62. The van der Waals surface area contributed by atoms with Crippen LogP contribution in [0.2, 0.25) is 0 Å². The fourth-order valence-corrected chi connectivity index (χ4v) is 3.81. The van der Waals surface area contributed by atoms with Crippen molar-refractivity contribution < 1.29 is 4.79 Å². The van der Waals surface area contributed by atoms with Crippen molar-refractivity contribution in [3.63, 3.8) is 0 Å². The predicted octanol–water partition coefficient (Wildman–Crippen LogP) is 3.73. The van der Waals surface area contributed by atoms with Crippen molar-refractivity contribution in [1.29, 1.82) is 0 Å². The van der Waals surface area contributed by atoms with Gasteiger partial charge in [0.2, 0.25) is 5.91 Å². The Morgan fingerprint density at radius 2 is 1.96 bits per heavy atom. The van der Waals surface area contributed by atoms with Crippen LogP contribution in [-0.4, -0.2) is 27.0 Å². The zero-order chi connectivity index (χ0) is 18.4. The zero-order valence-corrected chi connectivity index (χ0v) is 14.9. The molecule has 3 heterocycles. The van der Waals surface area contributed by atoms with Crippen LogP contribution >= 0.6 is 0 Å². The number of aryl methyl sites for hydroxylation is 1. The minimum absolute atomic E-state index is 0.0673. The molecule has 6 heteroatoms. The van der Waals surface area contributed by atoms with E-state index in [9.17, 15) is 4.79 Å². The minimum atomic E-state index is -0.124. The maximum absolute atomic E-state index is 12.3. The molecule has 27 heavy (non-hydrogen) atoms. The van der Waals surface area contributed by atoms with Gasteiger partial charge in [-0.25, -0.2) is 9.50 Å². The number of carbonyl (C=O) groups excluding carboxylic acids is 1. The van der Waals surface area contributed by atoms with E-state index >= 15 is 0 Å². The molecule has 0 saturated carbocycles. The van der Waals surface area contributed by atoms with Gasteiger partial charge in [-0.15, -0.1) is 0 Å². The molecule has 0 bridgehead atoms. The number of hydrogen-bond acceptors (Lipinski definition) is 4. The summed E-state index contributed by atoms with van der Waals surface area (Å²) >= 11 is 0. The number of amides is 1. The second-order valence-electron chi connectivity index (χ2n) is 6.88. The van der Waals surface area contributed by atoms with E-state index in [1.165, 1.54) is 0 Å². The number of aromatic nitrogens is 3. The molecule has 4 aromatic rings. The second-order valence-corrected chi connectivity index (χ2v) is 6.88. The first kappa shape index (κ1) is 15.8. The average Bonchev–Trinajstić information content (AvgIpc) is 3.21. The molecule has 0 spiro atoms. The Hall–Kier alpha value is -3.41. The molecule has 2 aromatic carbocycles. The molecule has 0 fully saturated rings. The van der Waals surface area contributed by atoms with Crippen LogP contribution in [0.5, 0.6) is 0 Å². The molecule has 2 N–H and O–H groups in total. The molecule has 1 aliphatic rings. The van der Waals surface area contributed by atoms with Crippen molar-refractivity contribution in [3.8, 4) is 0 Å². The topological polar surface area (TPSA) is 71.3 Å². The van der Waals surface area contributed by atoms with Crippen LogP contribution in [0.4, 0.5) is 11.5 Å². The Morgan fingerprint density at radius 3 is 2.89 bits per heavy atom. The SMILES string of the molecule is Cc1cc2nc(NCCC3C(=O)Nc4ccccc43)c3ccccc3n2n1. The predicted molar refractivity (Wildman–Crippen MR) is 106 cm³/mol. The van der Waals surface area contributed by atoms with Crippen molar-refractivity contribution in [2.24, 2.45) is 0 Å². The Bertz CT molecular complexity index is 1180. The summed E-state index contributed by atoms with van der Waals surface area (Å²) < 4.78 is 1.87. The van der Waals surface area contributed by atoms with Crippen LogP contribution in [0, 0.1) is 6.92 Å². The number of carbonyl (C=O) groups is 1. The fourth-order valence-electron chi connectivity index (χ4n) is 3.81. The Balaban J connectivity index is 1.43. The highest BCUT2D eigenvalue weighted by atomic mass is 16.2. The van der Waals surface area contributed by atoms with Gasteiger partial charge in [-0.1, -0.05) is 30.3 Å². The number of anilines is 2. The Labute approximate surface area is 156 Å². The summed E-state index contributed by atoms with van der Waals surface area (Å²) in [5.74, 6) is 0.767. The van der Waals surface area contributed by atoms with E-state index in [2.05, 4.69) is 15.7 Å². The monoisotopic (exact) mass is 357 g/mol. The molecule has 0 aliphatic carbocycles. The number of fused-ring (bicyclic) bond motifs is 4. The third-order valence-corrected chi connectivity index (χ3v) is 5.06. The lowest BCUT2D eigenvalue weighted by Crippen LogP contribution is -2.16. The first-order chi connectivity index (χ1) is 13.2. The molecular weight excluding hydrogens is 338 g/mol. The molecule has 134 valence electrons. The maximum Gasteiger partial charge on any atom is 0.232 e. The highest BCUT2D eigenvalue weighted by Crippen LogP contribution is 2.34. The maximum atomic E-state index is 12.3. The Kier molecular flexibility index (Phi) is 3.57. The van der Waals surface area contributed by atoms with E-state index in [1.807, 2.05) is 66.0 Å². The lowest BCUT2D eigenvalue weighted by Gasteiger charge is -2.12. The van der Waals surface area contributed by atoms with Gasteiger partial charge in [0, 0.05) is 23.7 Å². The number of rotatable bonds is 4. The van der Waals surface area contributed by atoms with E-state index in [1.54, 1.807) is 0 Å². The van der Waals surface area contributed by atoms with E-state index in [-0.39, 0.29) is 11.8 Å². The first-order valence-electron chi connectivity index (χ1n) is 9.09. The van der Waals surface area contributed by atoms with Crippen LogP contribution in [0.1, 0.15) is 23.6 Å². The average molecular weight is 357 g/mol. The number of nitrogens with zero attached hydrogens (tertiary/aromatic N) is 3. The third kappa shape index (κ3) is 2.61. The molecule has 1 amide bonds. The van der Waals surface area contributed by atoms with E-state index in [0.717, 1.165) is 39.3 Å². The fraction of sp³-hybridized carbons (Fsp3) is 0.190. The van der Waals surface area contributed by atoms with Crippen LogP contribution in [-0.2, 0) is 4.79 Å². The minimum Gasteiger partial charge on any atom is -0.369 e. The van der Waals surface area contributed by atoms with Gasteiger partial charge in [0.1, 0.15) is 5.82 Å². The Morgan fingerprint density at radius 1 is 1.15 bits per heavy atom. The smallest absolute Gasteiger partial charge is 0.232 e. The van der Waals surface area contributed by atoms with E-state index in [0.29, 0.717) is 13.0 Å². The van der Waals surface area contributed by atoms with Crippen molar-refractivity contribution in [1.82, 2.24) is 14.6 Å². The molecule has 1 aliphatic heterocycles. The normalized spacial score (nSPS) is 15.9. The number of benzene rings is 2. The van der Waals surface area contributed by atoms with Gasteiger partial charge >= 0.3 is 0 Å². The highest BCUT2D eigenvalue weighted by Gasteiger charge is 2.29. The molecule has 2 aromatic heterocycles. The summed E-state index contributed by atoms with van der Waals surface area (Å²) in [6.07, 6.45) is 0.711. The van der Waals surface area contributed by atoms with Crippen molar-refractivity contribution in [3.05, 3.63) is 65.9 Å².